The highest BCUT2D eigenvalue weighted by Crippen LogP contribution is 2.43. The first kappa shape index (κ1) is 13.9. The van der Waals surface area contributed by atoms with Crippen LogP contribution in [-0.2, 0) is 4.74 Å². The number of ether oxygens (including phenoxy) is 1. The number of alkyl halides is 2. The highest BCUT2D eigenvalue weighted by Gasteiger charge is 2.59. The first-order valence-electron chi connectivity index (χ1n) is 5.94. The van der Waals surface area contributed by atoms with Gasteiger partial charge in [-0.2, -0.15) is 18.7 Å². The quantitative estimate of drug-likeness (QED) is 0.545. The van der Waals surface area contributed by atoms with Crippen molar-refractivity contribution in [2.45, 2.75) is 24.4 Å². The Morgan fingerprint density at radius 3 is 2.71 bits per heavy atom. The molecular weight excluding hydrogens is 290 g/mol. The van der Waals surface area contributed by atoms with Crippen molar-refractivity contribution < 1.29 is 23.7 Å². The maximum absolute atomic E-state index is 14.1. The van der Waals surface area contributed by atoms with Gasteiger partial charge in [0.05, 0.1) is 12.9 Å². The van der Waals surface area contributed by atoms with Crippen LogP contribution in [0.4, 0.5) is 20.5 Å². The number of aliphatic hydroxyl groups excluding tert-OH is 2. The van der Waals surface area contributed by atoms with E-state index in [1.807, 2.05) is 0 Å². The van der Waals surface area contributed by atoms with Crippen LogP contribution in [0, 0.1) is 0 Å². The van der Waals surface area contributed by atoms with E-state index in [-0.39, 0.29) is 22.9 Å². The van der Waals surface area contributed by atoms with Gasteiger partial charge in [-0.25, -0.2) is 4.98 Å². The molecule has 1 unspecified atom stereocenters. The lowest BCUT2D eigenvalue weighted by Crippen LogP contribution is -2.39. The van der Waals surface area contributed by atoms with Crippen molar-refractivity contribution in [3.05, 3.63) is 6.33 Å². The summed E-state index contributed by atoms with van der Waals surface area (Å²) in [4.78, 5) is 11.3. The van der Waals surface area contributed by atoms with Crippen molar-refractivity contribution in [2.24, 2.45) is 0 Å². The molecule has 9 nitrogen and oxygen atoms in total. The Morgan fingerprint density at radius 2 is 2.10 bits per heavy atom. The second-order valence-corrected chi connectivity index (χ2v) is 4.62. The number of aliphatic hydroxyl groups is 2. The Labute approximate surface area is 116 Å². The number of imidazole rings is 1. The van der Waals surface area contributed by atoms with E-state index < -0.39 is 31.0 Å². The Morgan fingerprint density at radius 1 is 1.38 bits per heavy atom. The average molecular weight is 302 g/mol. The second kappa shape index (κ2) is 4.44. The minimum absolute atomic E-state index is 0.0459. The van der Waals surface area contributed by atoms with Crippen LogP contribution in [0.2, 0.25) is 0 Å². The molecule has 3 heterocycles. The number of rotatable bonds is 2. The maximum Gasteiger partial charge on any atom is 0.320 e. The summed E-state index contributed by atoms with van der Waals surface area (Å²) < 4.78 is 34.1. The number of aromatic nitrogens is 4. The Balaban J connectivity index is 2.13. The van der Waals surface area contributed by atoms with Crippen LogP contribution < -0.4 is 11.5 Å². The highest BCUT2D eigenvalue weighted by atomic mass is 19.3. The molecule has 114 valence electrons. The first-order valence-corrected chi connectivity index (χ1v) is 5.94. The third-order valence-corrected chi connectivity index (χ3v) is 3.28. The summed E-state index contributed by atoms with van der Waals surface area (Å²) in [6.07, 6.45) is -4.41. The fraction of sp³-hybridized carbons (Fsp3) is 0.500. The lowest BCUT2D eigenvalue weighted by molar-refractivity contribution is -0.138. The maximum atomic E-state index is 14.1. The molecule has 0 spiro atoms. The van der Waals surface area contributed by atoms with Crippen LogP contribution in [0.15, 0.2) is 6.33 Å². The van der Waals surface area contributed by atoms with Crippen molar-refractivity contribution in [3.63, 3.8) is 0 Å². The van der Waals surface area contributed by atoms with Gasteiger partial charge in [0.15, 0.2) is 17.6 Å². The van der Waals surface area contributed by atoms with E-state index in [1.54, 1.807) is 0 Å². The molecule has 3 rings (SSSR count). The average Bonchev–Trinajstić information content (AvgIpc) is 2.91. The number of nitrogens with zero attached hydrogens (tertiary/aromatic N) is 4. The predicted molar refractivity (Wildman–Crippen MR) is 66.1 cm³/mol. The van der Waals surface area contributed by atoms with Crippen LogP contribution in [0.5, 0.6) is 0 Å². The molecule has 1 aliphatic heterocycles. The zero-order valence-electron chi connectivity index (χ0n) is 10.5. The molecule has 0 saturated carbocycles. The monoisotopic (exact) mass is 302 g/mol. The lowest BCUT2D eigenvalue weighted by Gasteiger charge is -2.20. The third kappa shape index (κ3) is 1.89. The normalized spacial score (nSPS) is 28.3. The summed E-state index contributed by atoms with van der Waals surface area (Å²) in [5.41, 5.74) is 11.1. The van der Waals surface area contributed by atoms with Gasteiger partial charge in [0.1, 0.15) is 11.6 Å². The summed E-state index contributed by atoms with van der Waals surface area (Å²) in [7, 11) is 0. The molecule has 6 N–H and O–H groups in total. The molecule has 0 aliphatic carbocycles. The van der Waals surface area contributed by atoms with Gasteiger partial charge in [0.2, 0.25) is 12.2 Å². The number of fused-ring (bicyclic) bond motifs is 1. The minimum atomic E-state index is -3.64. The van der Waals surface area contributed by atoms with Gasteiger partial charge < -0.3 is 26.4 Å². The SMILES string of the molecule is Nc1nc(N)c2ncn([C@@H]3O[C@H](CO)C(O)C3(F)F)c2n1. The molecule has 1 fully saturated rings. The summed E-state index contributed by atoms with van der Waals surface area (Å²) in [5.74, 6) is -3.91. The molecule has 0 aromatic carbocycles. The van der Waals surface area contributed by atoms with Gasteiger partial charge >= 0.3 is 5.92 Å². The standard InChI is InChI=1S/C10H12F2N6O3/c11-10(12)5(20)3(1-19)21-8(10)18-2-15-4-6(13)16-9(14)17-7(4)18/h2-3,5,8,19-20H,1H2,(H4,13,14,16,17)/t3-,5?,8-/m1/s1. The molecule has 21 heavy (non-hydrogen) atoms. The number of hydrogen-bond donors (Lipinski definition) is 4. The molecule has 0 radical (unpaired) electrons. The minimum Gasteiger partial charge on any atom is -0.394 e. The fourth-order valence-electron chi connectivity index (χ4n) is 2.25. The van der Waals surface area contributed by atoms with Crippen LogP contribution in [-0.4, -0.2) is 54.5 Å². The highest BCUT2D eigenvalue weighted by molar-refractivity contribution is 5.82. The van der Waals surface area contributed by atoms with Gasteiger partial charge in [0.25, 0.3) is 0 Å². The molecule has 1 aliphatic rings. The number of hydrogen-bond acceptors (Lipinski definition) is 8. The molecule has 0 bridgehead atoms. The smallest absolute Gasteiger partial charge is 0.320 e. The summed E-state index contributed by atoms with van der Waals surface area (Å²) >= 11 is 0. The van der Waals surface area contributed by atoms with Gasteiger partial charge in [-0.05, 0) is 0 Å². The van der Waals surface area contributed by atoms with Crippen LogP contribution in [0.3, 0.4) is 0 Å². The number of halogens is 2. The van der Waals surface area contributed by atoms with E-state index in [2.05, 4.69) is 15.0 Å². The molecule has 3 atom stereocenters. The molecular formula is C10H12F2N6O3. The van der Waals surface area contributed by atoms with Gasteiger partial charge in [0, 0.05) is 0 Å². The molecule has 1 saturated heterocycles. The summed E-state index contributed by atoms with van der Waals surface area (Å²) in [5, 5.41) is 18.5. The Bertz CT molecular complexity index is 693. The van der Waals surface area contributed by atoms with Crippen LogP contribution >= 0.6 is 0 Å². The third-order valence-electron chi connectivity index (χ3n) is 3.28. The zero-order valence-corrected chi connectivity index (χ0v) is 10.5. The van der Waals surface area contributed by atoms with Gasteiger partial charge in [-0.3, -0.25) is 4.57 Å². The van der Waals surface area contributed by atoms with Crippen molar-refractivity contribution >= 4 is 22.9 Å². The predicted octanol–water partition coefficient (Wildman–Crippen LogP) is -1.12. The van der Waals surface area contributed by atoms with Crippen molar-refractivity contribution in [3.8, 4) is 0 Å². The van der Waals surface area contributed by atoms with E-state index in [1.165, 1.54) is 0 Å². The topological polar surface area (TPSA) is 145 Å². The largest absolute Gasteiger partial charge is 0.394 e. The van der Waals surface area contributed by atoms with E-state index >= 15 is 0 Å². The molecule has 11 heteroatoms. The van der Waals surface area contributed by atoms with Gasteiger partial charge in [-0.15, -0.1) is 0 Å². The van der Waals surface area contributed by atoms with Gasteiger partial charge in [-0.1, -0.05) is 0 Å². The summed E-state index contributed by atoms with van der Waals surface area (Å²) in [6.45, 7) is -0.751. The lowest BCUT2D eigenvalue weighted by atomic mass is 10.1. The van der Waals surface area contributed by atoms with E-state index in [0.29, 0.717) is 0 Å². The Hall–Kier alpha value is -2.11. The van der Waals surface area contributed by atoms with Crippen molar-refractivity contribution in [2.75, 3.05) is 18.1 Å². The molecule has 2 aromatic heterocycles. The zero-order chi connectivity index (χ0) is 15.4. The fourth-order valence-corrected chi connectivity index (χ4v) is 2.25. The van der Waals surface area contributed by atoms with E-state index in [0.717, 1.165) is 10.9 Å². The molecule has 2 aromatic rings. The van der Waals surface area contributed by atoms with Crippen molar-refractivity contribution in [1.82, 2.24) is 19.5 Å². The summed E-state index contributed by atoms with van der Waals surface area (Å²) in [6, 6.07) is 0. The Kier molecular flexibility index (Phi) is 2.93. The van der Waals surface area contributed by atoms with E-state index in [9.17, 15) is 13.9 Å². The number of nitrogens with two attached hydrogens (primary N) is 2. The second-order valence-electron chi connectivity index (χ2n) is 4.62. The van der Waals surface area contributed by atoms with Crippen LogP contribution in [0.25, 0.3) is 11.2 Å². The van der Waals surface area contributed by atoms with Crippen molar-refractivity contribution in [1.29, 1.82) is 0 Å². The van der Waals surface area contributed by atoms with Crippen LogP contribution in [0.1, 0.15) is 6.23 Å². The van der Waals surface area contributed by atoms with E-state index in [4.69, 9.17) is 21.3 Å². The number of anilines is 2. The molecule has 0 amide bonds. The number of nitrogen functional groups attached to an aromatic ring is 2. The first-order chi connectivity index (χ1) is 9.86.